The Morgan fingerprint density at radius 3 is 2.83 bits per heavy atom. The molecule has 0 bridgehead atoms. The maximum atomic E-state index is 12.3. The summed E-state index contributed by atoms with van der Waals surface area (Å²) >= 11 is 0. The standard InChI is InChI=1S/C17H16N2O4/c20-10-13-14(21)5-1-6-15(13)23-11-12-4-2-7-18-16(12)17(22)19-8-3-9-19/h1-2,4-7,10,21H,3,8-9,11H2. The number of ether oxygens (including phenoxy) is 1. The Kier molecular flexibility index (Phi) is 4.23. The molecule has 0 unspecified atom stereocenters. The van der Waals surface area contributed by atoms with Crippen molar-refractivity contribution in [3.05, 3.63) is 53.3 Å². The summed E-state index contributed by atoms with van der Waals surface area (Å²) in [5.41, 5.74) is 1.09. The zero-order chi connectivity index (χ0) is 16.2. The van der Waals surface area contributed by atoms with Crippen molar-refractivity contribution >= 4 is 12.2 Å². The molecule has 0 aliphatic carbocycles. The second kappa shape index (κ2) is 6.48. The van der Waals surface area contributed by atoms with Crippen molar-refractivity contribution in [2.75, 3.05) is 13.1 Å². The molecule has 2 heterocycles. The third-order valence-corrected chi connectivity index (χ3v) is 3.78. The van der Waals surface area contributed by atoms with Crippen LogP contribution in [0.3, 0.4) is 0 Å². The number of carbonyl (C=O) groups excluding carboxylic acids is 2. The molecule has 1 aliphatic heterocycles. The van der Waals surface area contributed by atoms with Crippen LogP contribution in [0.1, 0.15) is 32.8 Å². The second-order valence-electron chi connectivity index (χ2n) is 5.25. The van der Waals surface area contributed by atoms with Gasteiger partial charge < -0.3 is 14.7 Å². The van der Waals surface area contributed by atoms with Crippen LogP contribution < -0.4 is 4.74 Å². The zero-order valence-electron chi connectivity index (χ0n) is 12.4. The van der Waals surface area contributed by atoms with E-state index in [9.17, 15) is 14.7 Å². The highest BCUT2D eigenvalue weighted by atomic mass is 16.5. The van der Waals surface area contributed by atoms with Crippen LogP contribution in [0.2, 0.25) is 0 Å². The number of carbonyl (C=O) groups is 2. The summed E-state index contributed by atoms with van der Waals surface area (Å²) in [4.78, 5) is 29.3. The number of aromatic hydroxyl groups is 1. The van der Waals surface area contributed by atoms with Gasteiger partial charge in [0.25, 0.3) is 5.91 Å². The van der Waals surface area contributed by atoms with Gasteiger partial charge in [-0.25, -0.2) is 0 Å². The molecule has 1 saturated heterocycles. The van der Waals surface area contributed by atoms with E-state index in [-0.39, 0.29) is 29.6 Å². The smallest absolute Gasteiger partial charge is 0.272 e. The molecule has 1 aliphatic rings. The Balaban J connectivity index is 1.80. The quantitative estimate of drug-likeness (QED) is 0.855. The number of phenols is 1. The lowest BCUT2D eigenvalue weighted by molar-refractivity contribution is 0.0642. The Morgan fingerprint density at radius 2 is 2.13 bits per heavy atom. The first-order chi connectivity index (χ1) is 11.2. The SMILES string of the molecule is O=Cc1c(O)cccc1OCc1cccnc1C(=O)N1CCC1. The molecule has 1 fully saturated rings. The number of aromatic nitrogens is 1. The Bertz CT molecular complexity index is 741. The maximum absolute atomic E-state index is 12.3. The monoisotopic (exact) mass is 312 g/mol. The van der Waals surface area contributed by atoms with E-state index in [0.717, 1.165) is 19.5 Å². The first-order valence-electron chi connectivity index (χ1n) is 7.34. The third kappa shape index (κ3) is 3.01. The minimum absolute atomic E-state index is 0.0898. The maximum Gasteiger partial charge on any atom is 0.272 e. The Morgan fingerprint density at radius 1 is 1.30 bits per heavy atom. The van der Waals surface area contributed by atoms with E-state index in [1.807, 2.05) is 0 Å². The molecule has 118 valence electrons. The molecule has 23 heavy (non-hydrogen) atoms. The molecule has 0 radical (unpaired) electrons. The van der Waals surface area contributed by atoms with Crippen LogP contribution in [0.5, 0.6) is 11.5 Å². The van der Waals surface area contributed by atoms with E-state index in [1.54, 1.807) is 35.4 Å². The molecular weight excluding hydrogens is 296 g/mol. The second-order valence-corrected chi connectivity index (χ2v) is 5.25. The molecule has 0 spiro atoms. The van der Waals surface area contributed by atoms with E-state index in [1.165, 1.54) is 6.07 Å². The van der Waals surface area contributed by atoms with Gasteiger partial charge in [0.1, 0.15) is 23.8 Å². The van der Waals surface area contributed by atoms with Crippen molar-refractivity contribution in [2.45, 2.75) is 13.0 Å². The fourth-order valence-electron chi connectivity index (χ4n) is 2.35. The van der Waals surface area contributed by atoms with Gasteiger partial charge in [-0.2, -0.15) is 0 Å². The molecule has 6 nitrogen and oxygen atoms in total. The van der Waals surface area contributed by atoms with Gasteiger partial charge in [-0.3, -0.25) is 14.6 Å². The molecule has 6 heteroatoms. The molecule has 0 atom stereocenters. The number of nitrogens with zero attached hydrogens (tertiary/aromatic N) is 2. The topological polar surface area (TPSA) is 79.7 Å². The number of rotatable bonds is 5. The van der Waals surface area contributed by atoms with E-state index < -0.39 is 0 Å². The lowest BCUT2D eigenvalue weighted by Gasteiger charge is -2.31. The number of likely N-dealkylation sites (tertiary alicyclic amines) is 1. The lowest BCUT2D eigenvalue weighted by atomic mass is 10.1. The van der Waals surface area contributed by atoms with Crippen LogP contribution in [-0.2, 0) is 6.61 Å². The van der Waals surface area contributed by atoms with Gasteiger partial charge in [-0.15, -0.1) is 0 Å². The molecule has 3 rings (SSSR count). The fraction of sp³-hybridized carbons (Fsp3) is 0.235. The molecule has 2 aromatic rings. The largest absolute Gasteiger partial charge is 0.507 e. The fourth-order valence-corrected chi connectivity index (χ4v) is 2.35. The predicted octanol–water partition coefficient (Wildman–Crippen LogP) is 2.02. The van der Waals surface area contributed by atoms with Crippen LogP contribution in [0.15, 0.2) is 36.5 Å². The minimum atomic E-state index is -0.138. The third-order valence-electron chi connectivity index (χ3n) is 3.78. The summed E-state index contributed by atoms with van der Waals surface area (Å²) in [6.45, 7) is 1.59. The van der Waals surface area contributed by atoms with Gasteiger partial charge >= 0.3 is 0 Å². The van der Waals surface area contributed by atoms with Crippen LogP contribution in [0.4, 0.5) is 0 Å². The predicted molar refractivity (Wildman–Crippen MR) is 82.6 cm³/mol. The van der Waals surface area contributed by atoms with Crippen molar-refractivity contribution in [2.24, 2.45) is 0 Å². The first kappa shape index (κ1) is 15.0. The summed E-state index contributed by atoms with van der Waals surface area (Å²) in [5, 5.41) is 9.66. The minimum Gasteiger partial charge on any atom is -0.507 e. The Labute approximate surface area is 133 Å². The molecule has 1 aromatic carbocycles. The van der Waals surface area contributed by atoms with Crippen LogP contribution in [0.25, 0.3) is 0 Å². The van der Waals surface area contributed by atoms with Crippen LogP contribution >= 0.6 is 0 Å². The molecular formula is C17H16N2O4. The first-order valence-corrected chi connectivity index (χ1v) is 7.34. The molecule has 1 aromatic heterocycles. The van der Waals surface area contributed by atoms with E-state index in [4.69, 9.17) is 4.74 Å². The van der Waals surface area contributed by atoms with E-state index in [2.05, 4.69) is 4.98 Å². The van der Waals surface area contributed by atoms with Crippen LogP contribution in [-0.4, -0.2) is 40.3 Å². The molecule has 1 amide bonds. The molecule has 0 saturated carbocycles. The highest BCUT2D eigenvalue weighted by Crippen LogP contribution is 2.26. The van der Waals surface area contributed by atoms with Crippen molar-refractivity contribution in [1.29, 1.82) is 0 Å². The van der Waals surface area contributed by atoms with Crippen molar-refractivity contribution in [1.82, 2.24) is 9.88 Å². The highest BCUT2D eigenvalue weighted by molar-refractivity contribution is 5.94. The summed E-state index contributed by atoms with van der Waals surface area (Å²) in [5.74, 6) is 0.0220. The average molecular weight is 312 g/mol. The van der Waals surface area contributed by atoms with Gasteiger partial charge in [0.2, 0.25) is 0 Å². The number of amides is 1. The van der Waals surface area contributed by atoms with Crippen molar-refractivity contribution < 1.29 is 19.4 Å². The number of benzene rings is 1. The summed E-state index contributed by atoms with van der Waals surface area (Å²) in [7, 11) is 0. The number of phenolic OH excluding ortho intramolecular Hbond substituents is 1. The van der Waals surface area contributed by atoms with Gasteiger partial charge in [-0.05, 0) is 24.6 Å². The zero-order valence-corrected chi connectivity index (χ0v) is 12.4. The summed E-state index contributed by atoms with van der Waals surface area (Å²) < 4.78 is 5.62. The lowest BCUT2D eigenvalue weighted by Crippen LogP contribution is -2.42. The number of pyridine rings is 1. The normalized spacial score (nSPS) is 13.3. The van der Waals surface area contributed by atoms with Crippen LogP contribution in [0, 0.1) is 0 Å². The van der Waals surface area contributed by atoms with Crippen molar-refractivity contribution in [3.63, 3.8) is 0 Å². The van der Waals surface area contributed by atoms with Gasteiger partial charge in [0, 0.05) is 24.8 Å². The van der Waals surface area contributed by atoms with Crippen molar-refractivity contribution in [3.8, 4) is 11.5 Å². The number of aldehydes is 1. The van der Waals surface area contributed by atoms with E-state index >= 15 is 0 Å². The van der Waals surface area contributed by atoms with Gasteiger partial charge in [0.05, 0.1) is 5.56 Å². The summed E-state index contributed by atoms with van der Waals surface area (Å²) in [6.07, 6.45) is 3.12. The number of hydrogen-bond donors (Lipinski definition) is 1. The Hall–Kier alpha value is -2.89. The highest BCUT2D eigenvalue weighted by Gasteiger charge is 2.24. The summed E-state index contributed by atoms with van der Waals surface area (Å²) in [6, 6.07) is 8.10. The number of hydrogen-bond acceptors (Lipinski definition) is 5. The van der Waals surface area contributed by atoms with E-state index in [0.29, 0.717) is 17.5 Å². The average Bonchev–Trinajstić information content (AvgIpc) is 2.51. The van der Waals surface area contributed by atoms with Gasteiger partial charge in [-0.1, -0.05) is 12.1 Å². The van der Waals surface area contributed by atoms with Gasteiger partial charge in [0.15, 0.2) is 6.29 Å². The molecule has 1 N–H and O–H groups in total.